The maximum atomic E-state index is 12.7. The second kappa shape index (κ2) is 5.12. The molecule has 1 nitrogen and oxygen atoms in total. The van der Waals surface area contributed by atoms with Crippen molar-refractivity contribution in [2.75, 3.05) is 0 Å². The fourth-order valence-corrected chi connectivity index (χ4v) is 2.11. The van der Waals surface area contributed by atoms with E-state index in [0.717, 1.165) is 17.7 Å². The Morgan fingerprint density at radius 1 is 1.00 bits per heavy atom. The smallest absolute Gasteiger partial charge is 0.295 e. The highest BCUT2D eigenvalue weighted by Crippen LogP contribution is 2.32. The molecule has 2 aromatic rings. The summed E-state index contributed by atoms with van der Waals surface area (Å²) in [5, 5.41) is 0. The lowest BCUT2D eigenvalue weighted by atomic mass is 9.97. The minimum Gasteiger partial charge on any atom is -0.295 e. The molecule has 0 N–H and O–H groups in total. The van der Waals surface area contributed by atoms with E-state index in [0.29, 0.717) is 16.7 Å². The van der Waals surface area contributed by atoms with Gasteiger partial charge in [-0.15, -0.1) is 0 Å². The van der Waals surface area contributed by atoms with Gasteiger partial charge in [-0.2, -0.15) is 13.2 Å². The van der Waals surface area contributed by atoms with Crippen molar-refractivity contribution in [3.8, 4) is 11.1 Å². The largest absolute Gasteiger partial charge is 0.416 e. The van der Waals surface area contributed by atoms with Crippen LogP contribution in [0.4, 0.5) is 13.2 Å². The molecule has 2 aromatic carbocycles. The van der Waals surface area contributed by atoms with Crippen molar-refractivity contribution in [2.45, 2.75) is 20.0 Å². The molecule has 0 saturated heterocycles. The predicted octanol–water partition coefficient (Wildman–Crippen LogP) is 4.88. The fraction of sp³-hybridized carbons (Fsp3) is 0.188. The van der Waals surface area contributed by atoms with Crippen LogP contribution in [0.15, 0.2) is 42.5 Å². The maximum Gasteiger partial charge on any atom is 0.416 e. The molecule has 0 bridgehead atoms. The average molecular weight is 278 g/mol. The van der Waals surface area contributed by atoms with E-state index in [-0.39, 0.29) is 5.78 Å². The SMILES string of the molecule is CC(=O)c1ccc(-c2cccc(C(F)(F)F)c2)cc1C. The first-order valence-corrected chi connectivity index (χ1v) is 6.08. The summed E-state index contributed by atoms with van der Waals surface area (Å²) in [7, 11) is 0. The highest BCUT2D eigenvalue weighted by Gasteiger charge is 2.30. The highest BCUT2D eigenvalue weighted by molar-refractivity contribution is 5.96. The van der Waals surface area contributed by atoms with Crippen LogP contribution in [0.1, 0.15) is 28.4 Å². The molecule has 0 radical (unpaired) electrons. The maximum absolute atomic E-state index is 12.7. The molecule has 0 unspecified atom stereocenters. The zero-order valence-corrected chi connectivity index (χ0v) is 11.1. The standard InChI is InChI=1S/C16H13F3O/c1-10-8-13(6-7-15(10)11(2)20)12-4-3-5-14(9-12)16(17,18)19/h3-9H,1-2H3. The molecule has 0 amide bonds. The summed E-state index contributed by atoms with van der Waals surface area (Å²) in [6, 6.07) is 10.2. The van der Waals surface area contributed by atoms with E-state index >= 15 is 0 Å². The van der Waals surface area contributed by atoms with Crippen LogP contribution in [0.3, 0.4) is 0 Å². The molecular weight excluding hydrogens is 265 g/mol. The van der Waals surface area contributed by atoms with Gasteiger partial charge in [-0.25, -0.2) is 0 Å². The van der Waals surface area contributed by atoms with Gasteiger partial charge in [0.15, 0.2) is 5.78 Å². The molecule has 2 rings (SSSR count). The monoisotopic (exact) mass is 278 g/mol. The van der Waals surface area contributed by atoms with Crippen LogP contribution in [-0.4, -0.2) is 5.78 Å². The van der Waals surface area contributed by atoms with E-state index in [1.54, 1.807) is 31.2 Å². The predicted molar refractivity (Wildman–Crippen MR) is 71.6 cm³/mol. The number of ketones is 1. The van der Waals surface area contributed by atoms with Gasteiger partial charge in [0, 0.05) is 5.56 Å². The van der Waals surface area contributed by atoms with Gasteiger partial charge in [0.05, 0.1) is 5.56 Å². The first kappa shape index (κ1) is 14.3. The molecular formula is C16H13F3O. The lowest BCUT2D eigenvalue weighted by molar-refractivity contribution is -0.137. The van der Waals surface area contributed by atoms with Crippen molar-refractivity contribution >= 4 is 5.78 Å². The van der Waals surface area contributed by atoms with Gasteiger partial charge in [0.1, 0.15) is 0 Å². The quantitative estimate of drug-likeness (QED) is 0.715. The number of rotatable bonds is 2. The summed E-state index contributed by atoms with van der Waals surface area (Å²) >= 11 is 0. The number of Topliss-reactive ketones (excluding diaryl/α,β-unsaturated/α-hetero) is 1. The Hall–Kier alpha value is -2.10. The summed E-state index contributed by atoms with van der Waals surface area (Å²) in [5.41, 5.74) is 1.81. The summed E-state index contributed by atoms with van der Waals surface area (Å²) in [6.45, 7) is 3.24. The topological polar surface area (TPSA) is 17.1 Å². The van der Waals surface area contributed by atoms with E-state index in [2.05, 4.69) is 0 Å². The van der Waals surface area contributed by atoms with Gasteiger partial charge in [0.25, 0.3) is 0 Å². The second-order valence-electron chi connectivity index (χ2n) is 4.66. The minimum absolute atomic E-state index is 0.0573. The Balaban J connectivity index is 2.47. The van der Waals surface area contributed by atoms with E-state index in [1.165, 1.54) is 13.0 Å². The zero-order chi connectivity index (χ0) is 14.9. The molecule has 0 aromatic heterocycles. The summed E-state index contributed by atoms with van der Waals surface area (Å²) < 4.78 is 38.1. The molecule has 0 aliphatic heterocycles. The van der Waals surface area contributed by atoms with Gasteiger partial charge in [-0.1, -0.05) is 30.3 Å². The Kier molecular flexibility index (Phi) is 3.66. The third kappa shape index (κ3) is 2.90. The molecule has 0 atom stereocenters. The third-order valence-electron chi connectivity index (χ3n) is 3.13. The number of halogens is 3. The van der Waals surface area contributed by atoms with Crippen LogP contribution in [0.25, 0.3) is 11.1 Å². The summed E-state index contributed by atoms with van der Waals surface area (Å²) in [5.74, 6) is -0.0573. The van der Waals surface area contributed by atoms with Gasteiger partial charge in [-0.3, -0.25) is 4.79 Å². The number of aryl methyl sites for hydroxylation is 1. The van der Waals surface area contributed by atoms with Gasteiger partial charge in [-0.05, 0) is 42.7 Å². The van der Waals surface area contributed by atoms with Crippen LogP contribution in [0.5, 0.6) is 0 Å². The molecule has 0 heterocycles. The molecule has 0 aliphatic rings. The first-order chi connectivity index (χ1) is 9.29. The van der Waals surface area contributed by atoms with Crippen molar-refractivity contribution in [3.63, 3.8) is 0 Å². The lowest BCUT2D eigenvalue weighted by Crippen LogP contribution is -2.04. The average Bonchev–Trinajstić information content (AvgIpc) is 2.37. The lowest BCUT2D eigenvalue weighted by Gasteiger charge is -2.10. The molecule has 0 saturated carbocycles. The summed E-state index contributed by atoms with van der Waals surface area (Å²) in [4.78, 5) is 11.4. The van der Waals surface area contributed by atoms with E-state index in [9.17, 15) is 18.0 Å². The zero-order valence-electron chi connectivity index (χ0n) is 11.1. The first-order valence-electron chi connectivity index (χ1n) is 6.08. The Morgan fingerprint density at radius 2 is 1.65 bits per heavy atom. The van der Waals surface area contributed by atoms with Crippen molar-refractivity contribution in [1.82, 2.24) is 0 Å². The Bertz CT molecular complexity index is 657. The van der Waals surface area contributed by atoms with E-state index in [1.807, 2.05) is 0 Å². The molecule has 0 spiro atoms. The molecule has 104 valence electrons. The van der Waals surface area contributed by atoms with Crippen LogP contribution in [0.2, 0.25) is 0 Å². The molecule has 4 heteroatoms. The summed E-state index contributed by atoms with van der Waals surface area (Å²) in [6.07, 6.45) is -4.36. The van der Waals surface area contributed by atoms with Crippen molar-refractivity contribution in [3.05, 3.63) is 59.2 Å². The fourth-order valence-electron chi connectivity index (χ4n) is 2.11. The molecule has 20 heavy (non-hydrogen) atoms. The van der Waals surface area contributed by atoms with Gasteiger partial charge >= 0.3 is 6.18 Å². The van der Waals surface area contributed by atoms with Crippen LogP contribution >= 0.6 is 0 Å². The third-order valence-corrected chi connectivity index (χ3v) is 3.13. The number of alkyl halides is 3. The normalized spacial score (nSPS) is 11.4. The van der Waals surface area contributed by atoms with Gasteiger partial charge in [0.2, 0.25) is 0 Å². The van der Waals surface area contributed by atoms with Gasteiger partial charge < -0.3 is 0 Å². The minimum atomic E-state index is -4.36. The van der Waals surface area contributed by atoms with E-state index in [4.69, 9.17) is 0 Å². The number of hydrogen-bond acceptors (Lipinski definition) is 1. The number of carbonyl (C=O) groups is 1. The van der Waals surface area contributed by atoms with Crippen molar-refractivity contribution in [1.29, 1.82) is 0 Å². The van der Waals surface area contributed by atoms with Crippen molar-refractivity contribution in [2.24, 2.45) is 0 Å². The van der Waals surface area contributed by atoms with Crippen LogP contribution in [-0.2, 0) is 6.18 Å². The number of benzene rings is 2. The van der Waals surface area contributed by atoms with Crippen molar-refractivity contribution < 1.29 is 18.0 Å². The van der Waals surface area contributed by atoms with Crippen LogP contribution in [0, 0.1) is 6.92 Å². The molecule has 0 fully saturated rings. The second-order valence-corrected chi connectivity index (χ2v) is 4.66. The number of carbonyl (C=O) groups excluding carboxylic acids is 1. The Labute approximate surface area is 115 Å². The highest BCUT2D eigenvalue weighted by atomic mass is 19.4. The number of hydrogen-bond donors (Lipinski definition) is 0. The Morgan fingerprint density at radius 3 is 2.20 bits per heavy atom. The molecule has 0 aliphatic carbocycles. The van der Waals surface area contributed by atoms with E-state index < -0.39 is 11.7 Å². The van der Waals surface area contributed by atoms with Crippen LogP contribution < -0.4 is 0 Å².